The Morgan fingerprint density at radius 2 is 1.83 bits per heavy atom. The van der Waals surface area contributed by atoms with Gasteiger partial charge in [0.25, 0.3) is 11.1 Å². The molecule has 122 valence electrons. The number of hydrogen-bond acceptors (Lipinski definition) is 3. The zero-order chi connectivity index (χ0) is 17.3. The van der Waals surface area contributed by atoms with Crippen molar-refractivity contribution in [2.75, 3.05) is 5.32 Å². The van der Waals surface area contributed by atoms with Crippen molar-refractivity contribution in [1.82, 2.24) is 9.78 Å². The average Bonchev–Trinajstić information content (AvgIpc) is 2.57. The van der Waals surface area contributed by atoms with Gasteiger partial charge in [0, 0.05) is 0 Å². The highest BCUT2D eigenvalue weighted by Gasteiger charge is 2.13. The first-order valence-electron chi connectivity index (χ1n) is 6.93. The number of fused-ring (bicyclic) bond motifs is 1. The van der Waals surface area contributed by atoms with E-state index in [2.05, 4.69) is 10.4 Å². The van der Waals surface area contributed by atoms with Crippen LogP contribution in [0.4, 0.5) is 10.1 Å². The number of nitrogens with one attached hydrogen (secondary N) is 2. The number of benzene rings is 2. The summed E-state index contributed by atoms with van der Waals surface area (Å²) in [4.78, 5) is 36.3. The van der Waals surface area contributed by atoms with Gasteiger partial charge < -0.3 is 5.32 Å². The summed E-state index contributed by atoms with van der Waals surface area (Å²) in [6, 6.07) is 10.4. The van der Waals surface area contributed by atoms with Crippen LogP contribution in [0.5, 0.6) is 0 Å². The van der Waals surface area contributed by atoms with Gasteiger partial charge in [0.05, 0.1) is 21.5 Å². The Bertz CT molecular complexity index is 1060. The van der Waals surface area contributed by atoms with Gasteiger partial charge in [-0.25, -0.2) is 9.07 Å². The van der Waals surface area contributed by atoms with E-state index >= 15 is 0 Å². The number of anilines is 1. The van der Waals surface area contributed by atoms with Crippen LogP contribution in [0.1, 0.15) is 0 Å². The monoisotopic (exact) mass is 347 g/mol. The normalized spacial score (nSPS) is 10.8. The SMILES string of the molecule is O=C(Cn1[nH]c(=O)c2ccccc2c1=O)Nc1cccc(Cl)c1F. The summed E-state index contributed by atoms with van der Waals surface area (Å²) in [5.74, 6) is -1.45. The Labute approximate surface area is 139 Å². The lowest BCUT2D eigenvalue weighted by atomic mass is 10.2. The molecule has 3 rings (SSSR count). The number of amides is 1. The molecule has 3 aromatic rings. The summed E-state index contributed by atoms with van der Waals surface area (Å²) in [5.41, 5.74) is -1.12. The average molecular weight is 348 g/mol. The molecule has 0 atom stereocenters. The molecule has 0 aliphatic rings. The van der Waals surface area contributed by atoms with Gasteiger partial charge in [0.15, 0.2) is 5.82 Å². The lowest BCUT2D eigenvalue weighted by Crippen LogP contribution is -2.34. The summed E-state index contributed by atoms with van der Waals surface area (Å²) >= 11 is 5.64. The number of hydrogen-bond donors (Lipinski definition) is 2. The second kappa shape index (κ2) is 6.29. The standard InChI is InChI=1S/C16H11ClFN3O3/c17-11-6-3-7-12(14(11)18)19-13(22)8-21-16(24)10-5-2-1-4-9(10)15(23)20-21/h1-7H,8H2,(H,19,22)(H,20,23). The fraction of sp³-hybridized carbons (Fsp3) is 0.0625. The highest BCUT2D eigenvalue weighted by molar-refractivity contribution is 6.31. The molecule has 1 amide bonds. The third-order valence-electron chi connectivity index (χ3n) is 3.41. The molecule has 0 fully saturated rings. The minimum Gasteiger partial charge on any atom is -0.322 e. The van der Waals surface area contributed by atoms with Crippen LogP contribution in [0.2, 0.25) is 5.02 Å². The third-order valence-corrected chi connectivity index (χ3v) is 3.70. The van der Waals surface area contributed by atoms with Gasteiger partial charge in [-0.15, -0.1) is 0 Å². The fourth-order valence-corrected chi connectivity index (χ4v) is 2.47. The minimum absolute atomic E-state index is 0.108. The molecule has 0 spiro atoms. The van der Waals surface area contributed by atoms with Crippen LogP contribution in [-0.2, 0) is 11.3 Å². The van der Waals surface area contributed by atoms with Crippen molar-refractivity contribution >= 4 is 34.0 Å². The van der Waals surface area contributed by atoms with Crippen LogP contribution in [0.15, 0.2) is 52.1 Å². The first kappa shape index (κ1) is 15.9. The molecule has 0 aliphatic heterocycles. The third kappa shape index (κ3) is 2.93. The van der Waals surface area contributed by atoms with E-state index in [1.165, 1.54) is 30.3 Å². The predicted molar refractivity (Wildman–Crippen MR) is 88.9 cm³/mol. The smallest absolute Gasteiger partial charge is 0.273 e. The van der Waals surface area contributed by atoms with E-state index in [0.29, 0.717) is 0 Å². The van der Waals surface area contributed by atoms with E-state index in [1.54, 1.807) is 12.1 Å². The molecule has 24 heavy (non-hydrogen) atoms. The molecule has 1 aromatic heterocycles. The zero-order valence-corrected chi connectivity index (χ0v) is 12.9. The molecule has 2 aromatic carbocycles. The van der Waals surface area contributed by atoms with Crippen molar-refractivity contribution < 1.29 is 9.18 Å². The molecule has 1 heterocycles. The molecule has 0 saturated carbocycles. The van der Waals surface area contributed by atoms with Gasteiger partial charge in [-0.2, -0.15) is 0 Å². The number of carbonyl (C=O) groups is 1. The summed E-state index contributed by atoms with van der Waals surface area (Å²) in [5, 5.41) is 4.94. The van der Waals surface area contributed by atoms with Crippen molar-refractivity contribution in [2.45, 2.75) is 6.54 Å². The van der Waals surface area contributed by atoms with E-state index in [4.69, 9.17) is 11.6 Å². The molecule has 0 saturated heterocycles. The highest BCUT2D eigenvalue weighted by Crippen LogP contribution is 2.21. The van der Waals surface area contributed by atoms with E-state index in [-0.39, 0.29) is 21.5 Å². The molecule has 0 unspecified atom stereocenters. The second-order valence-corrected chi connectivity index (χ2v) is 5.43. The number of rotatable bonds is 3. The lowest BCUT2D eigenvalue weighted by molar-refractivity contribution is -0.117. The lowest BCUT2D eigenvalue weighted by Gasteiger charge is -2.09. The van der Waals surface area contributed by atoms with E-state index < -0.39 is 29.4 Å². The quantitative estimate of drug-likeness (QED) is 0.761. The van der Waals surface area contributed by atoms with Gasteiger partial charge >= 0.3 is 0 Å². The Morgan fingerprint density at radius 3 is 2.58 bits per heavy atom. The molecule has 0 bridgehead atoms. The zero-order valence-electron chi connectivity index (χ0n) is 12.2. The maximum atomic E-state index is 13.8. The Morgan fingerprint density at radius 1 is 1.12 bits per heavy atom. The van der Waals surface area contributed by atoms with E-state index in [9.17, 15) is 18.8 Å². The van der Waals surface area contributed by atoms with Crippen LogP contribution >= 0.6 is 11.6 Å². The fourth-order valence-electron chi connectivity index (χ4n) is 2.29. The Kier molecular flexibility index (Phi) is 4.18. The largest absolute Gasteiger partial charge is 0.322 e. The van der Waals surface area contributed by atoms with Gasteiger partial charge in [0.2, 0.25) is 5.91 Å². The maximum absolute atomic E-state index is 13.8. The van der Waals surface area contributed by atoms with Crippen molar-refractivity contribution in [3.8, 4) is 0 Å². The van der Waals surface area contributed by atoms with Gasteiger partial charge in [-0.3, -0.25) is 19.5 Å². The number of nitrogens with zero attached hydrogens (tertiary/aromatic N) is 1. The van der Waals surface area contributed by atoms with Crippen LogP contribution in [-0.4, -0.2) is 15.7 Å². The van der Waals surface area contributed by atoms with Crippen molar-refractivity contribution in [3.05, 3.63) is 74.0 Å². The molecule has 2 N–H and O–H groups in total. The highest BCUT2D eigenvalue weighted by atomic mass is 35.5. The number of carbonyl (C=O) groups excluding carboxylic acids is 1. The van der Waals surface area contributed by atoms with E-state index in [1.807, 2.05) is 0 Å². The van der Waals surface area contributed by atoms with Crippen LogP contribution < -0.4 is 16.4 Å². The Hall–Kier alpha value is -2.93. The number of H-pyrrole nitrogens is 1. The predicted octanol–water partition coefficient (Wildman–Crippen LogP) is 2.12. The minimum atomic E-state index is -0.771. The van der Waals surface area contributed by atoms with Crippen LogP contribution in [0, 0.1) is 5.82 Å². The molecule has 0 aliphatic carbocycles. The van der Waals surface area contributed by atoms with Crippen LogP contribution in [0.25, 0.3) is 10.8 Å². The van der Waals surface area contributed by atoms with Gasteiger partial charge in [-0.05, 0) is 24.3 Å². The second-order valence-electron chi connectivity index (χ2n) is 5.03. The maximum Gasteiger partial charge on any atom is 0.273 e. The van der Waals surface area contributed by atoms with Crippen molar-refractivity contribution in [1.29, 1.82) is 0 Å². The molecule has 8 heteroatoms. The molecule has 0 radical (unpaired) electrons. The molecular weight excluding hydrogens is 337 g/mol. The van der Waals surface area contributed by atoms with Crippen molar-refractivity contribution in [3.63, 3.8) is 0 Å². The topological polar surface area (TPSA) is 84.0 Å². The van der Waals surface area contributed by atoms with Gasteiger partial charge in [-0.1, -0.05) is 29.8 Å². The Balaban J connectivity index is 1.91. The summed E-state index contributed by atoms with van der Waals surface area (Å²) in [6.07, 6.45) is 0. The number of aromatic nitrogens is 2. The first-order valence-corrected chi connectivity index (χ1v) is 7.31. The number of aromatic amines is 1. The molecule has 6 nitrogen and oxygen atoms in total. The summed E-state index contributed by atoms with van der Waals surface area (Å²) < 4.78 is 14.7. The molecular formula is C16H11ClFN3O3. The van der Waals surface area contributed by atoms with E-state index in [0.717, 1.165) is 4.68 Å². The van der Waals surface area contributed by atoms with Crippen molar-refractivity contribution in [2.24, 2.45) is 0 Å². The first-order chi connectivity index (χ1) is 11.5. The van der Waals surface area contributed by atoms with Gasteiger partial charge in [0.1, 0.15) is 6.54 Å². The number of halogens is 2. The summed E-state index contributed by atoms with van der Waals surface area (Å²) in [7, 11) is 0. The van der Waals surface area contributed by atoms with Crippen LogP contribution in [0.3, 0.4) is 0 Å². The summed E-state index contributed by atoms with van der Waals surface area (Å²) in [6.45, 7) is -0.467.